The highest BCUT2D eigenvalue weighted by atomic mass is 19.4. The van der Waals surface area contributed by atoms with Crippen molar-refractivity contribution in [1.29, 1.82) is 0 Å². The first-order chi connectivity index (χ1) is 14.1. The molecule has 0 aromatic heterocycles. The number of rotatable bonds is 7. The molecule has 0 amide bonds. The molecular weight excluding hydrogens is 396 g/mol. The summed E-state index contributed by atoms with van der Waals surface area (Å²) in [5.74, 6) is 1.08. The Hall–Kier alpha value is -2.64. The third-order valence-corrected chi connectivity index (χ3v) is 5.53. The topological polar surface area (TPSA) is 21.8 Å². The number of nitrogens with one attached hydrogen (secondary N) is 1. The summed E-state index contributed by atoms with van der Waals surface area (Å²) in [7, 11) is 1.85. The minimum Gasteiger partial charge on any atom is -0.350 e. The molecule has 0 aliphatic carbocycles. The van der Waals surface area contributed by atoms with Crippen LogP contribution in [-0.2, 0) is 6.54 Å². The van der Waals surface area contributed by atoms with Crippen LogP contribution >= 0.6 is 0 Å². The number of hydrogen-bond acceptors (Lipinski definition) is 4. The molecule has 30 heavy (non-hydrogen) atoms. The Labute approximate surface area is 175 Å². The van der Waals surface area contributed by atoms with Crippen molar-refractivity contribution in [2.75, 3.05) is 13.6 Å². The summed E-state index contributed by atoms with van der Waals surface area (Å²) in [6, 6.07) is 6.02. The van der Waals surface area contributed by atoms with Crippen molar-refractivity contribution in [3.05, 3.63) is 71.8 Å². The first kappa shape index (κ1) is 22.1. The first-order valence-electron chi connectivity index (χ1n) is 10.1. The van der Waals surface area contributed by atoms with Gasteiger partial charge in [0.2, 0.25) is 0 Å². The lowest BCUT2D eigenvalue weighted by atomic mass is 10.1. The summed E-state index contributed by atoms with van der Waals surface area (Å²) in [5, 5.41) is 3.24. The molecule has 0 saturated carbocycles. The molecule has 2 aliphatic rings. The van der Waals surface area contributed by atoms with Crippen molar-refractivity contribution in [2.24, 2.45) is 0 Å². The molecule has 4 nitrogen and oxygen atoms in total. The van der Waals surface area contributed by atoms with Crippen LogP contribution in [0, 0.1) is 5.82 Å². The number of benzene rings is 1. The maximum absolute atomic E-state index is 13.3. The van der Waals surface area contributed by atoms with Crippen molar-refractivity contribution in [2.45, 2.75) is 51.5 Å². The van der Waals surface area contributed by atoms with Crippen LogP contribution in [-0.4, -0.2) is 40.6 Å². The normalized spacial score (nSPS) is 19.5. The summed E-state index contributed by atoms with van der Waals surface area (Å²) in [6.07, 6.45) is -3.87. The molecule has 0 bridgehead atoms. The Balaban J connectivity index is 1.93. The number of alkyl halides is 3. The highest BCUT2D eigenvalue weighted by molar-refractivity contribution is 5.41. The fourth-order valence-corrected chi connectivity index (χ4v) is 3.83. The molecule has 0 saturated heterocycles. The predicted octanol–water partition coefficient (Wildman–Crippen LogP) is 5.10. The summed E-state index contributed by atoms with van der Waals surface area (Å²) in [6.45, 7) is 11.6. The summed E-state index contributed by atoms with van der Waals surface area (Å²) in [5.41, 5.74) is 2.28. The molecule has 1 aromatic rings. The second-order valence-corrected chi connectivity index (χ2v) is 7.69. The van der Waals surface area contributed by atoms with Crippen molar-refractivity contribution >= 4 is 0 Å². The second kappa shape index (κ2) is 8.62. The molecule has 2 aliphatic heterocycles. The summed E-state index contributed by atoms with van der Waals surface area (Å²) in [4.78, 5) is 5.78. The molecule has 0 fully saturated rings. The van der Waals surface area contributed by atoms with E-state index in [0.29, 0.717) is 18.1 Å². The van der Waals surface area contributed by atoms with Gasteiger partial charge in [-0.15, -0.1) is 0 Å². The van der Waals surface area contributed by atoms with Crippen LogP contribution in [0.15, 0.2) is 60.5 Å². The number of unbranched alkanes of at least 4 members (excludes halogenated alkanes) is 1. The Morgan fingerprint density at radius 2 is 1.80 bits per heavy atom. The van der Waals surface area contributed by atoms with Gasteiger partial charge in [-0.25, -0.2) is 4.39 Å². The summed E-state index contributed by atoms with van der Waals surface area (Å²) < 4.78 is 52.2. The van der Waals surface area contributed by atoms with Crippen molar-refractivity contribution in [1.82, 2.24) is 20.0 Å². The van der Waals surface area contributed by atoms with E-state index in [1.807, 2.05) is 21.7 Å². The Bertz CT molecular complexity index is 829. The van der Waals surface area contributed by atoms with Crippen LogP contribution in [0.3, 0.4) is 0 Å². The van der Waals surface area contributed by atoms with E-state index in [1.54, 1.807) is 12.1 Å². The molecule has 0 radical (unpaired) electrons. The van der Waals surface area contributed by atoms with Crippen molar-refractivity contribution < 1.29 is 17.6 Å². The lowest BCUT2D eigenvalue weighted by Crippen LogP contribution is -2.40. The third kappa shape index (κ3) is 4.57. The van der Waals surface area contributed by atoms with Gasteiger partial charge in [-0.3, -0.25) is 0 Å². The van der Waals surface area contributed by atoms with E-state index in [4.69, 9.17) is 0 Å². The van der Waals surface area contributed by atoms with Gasteiger partial charge in [-0.1, -0.05) is 38.6 Å². The minimum atomic E-state index is -4.24. The standard InChI is InChI=1S/C22H28F4N4/c1-5-6-13-29-15(2)20-21(28(4)16(29)3)27-19(11-12-22(24,25)26)30(20)14-17-7-9-18(23)10-8-17/h7-10,19,27H,2-3,5-6,11-14H2,1,4H3. The van der Waals surface area contributed by atoms with Crippen molar-refractivity contribution in [3.8, 4) is 0 Å². The van der Waals surface area contributed by atoms with Gasteiger partial charge >= 0.3 is 6.18 Å². The smallest absolute Gasteiger partial charge is 0.350 e. The van der Waals surface area contributed by atoms with E-state index >= 15 is 0 Å². The molecule has 8 heteroatoms. The molecule has 2 heterocycles. The fraction of sp³-hybridized carbons (Fsp3) is 0.455. The zero-order chi connectivity index (χ0) is 22.1. The largest absolute Gasteiger partial charge is 0.389 e. The monoisotopic (exact) mass is 424 g/mol. The van der Waals surface area contributed by atoms with Crippen molar-refractivity contribution in [3.63, 3.8) is 0 Å². The second-order valence-electron chi connectivity index (χ2n) is 7.69. The molecular formula is C22H28F4N4. The first-order valence-corrected chi connectivity index (χ1v) is 10.1. The van der Waals surface area contributed by atoms with Gasteiger partial charge in [0.15, 0.2) is 0 Å². The molecule has 1 N–H and O–H groups in total. The Morgan fingerprint density at radius 3 is 2.40 bits per heavy atom. The number of hydrogen-bond donors (Lipinski definition) is 1. The van der Waals surface area contributed by atoms with Gasteiger partial charge in [0.25, 0.3) is 0 Å². The Morgan fingerprint density at radius 1 is 1.13 bits per heavy atom. The highest BCUT2D eigenvalue weighted by Gasteiger charge is 2.41. The van der Waals surface area contributed by atoms with Crippen LogP contribution in [0.4, 0.5) is 17.6 Å². The molecule has 1 aromatic carbocycles. The average molecular weight is 424 g/mol. The quantitative estimate of drug-likeness (QED) is 0.615. The van der Waals surface area contributed by atoms with Crippen LogP contribution in [0.25, 0.3) is 0 Å². The molecule has 164 valence electrons. The predicted molar refractivity (Wildman–Crippen MR) is 109 cm³/mol. The van der Waals surface area contributed by atoms with Crippen LogP contribution in [0.1, 0.15) is 38.2 Å². The van der Waals surface area contributed by atoms with Gasteiger partial charge < -0.3 is 20.0 Å². The van der Waals surface area contributed by atoms with E-state index in [2.05, 4.69) is 25.4 Å². The van der Waals surface area contributed by atoms with Crippen LogP contribution in [0.5, 0.6) is 0 Å². The molecule has 3 rings (SSSR count). The fourth-order valence-electron chi connectivity index (χ4n) is 3.83. The van der Waals surface area contributed by atoms with E-state index < -0.39 is 18.8 Å². The zero-order valence-corrected chi connectivity index (χ0v) is 17.4. The average Bonchev–Trinajstić information content (AvgIpc) is 3.04. The Kier molecular flexibility index (Phi) is 6.33. The van der Waals surface area contributed by atoms with E-state index in [0.717, 1.165) is 36.5 Å². The SMILES string of the molecule is C=C1C2=C(NC(CCC(F)(F)F)N2Cc2ccc(F)cc2)N(C)C(=C)N1CCCC. The number of nitrogens with zero attached hydrogens (tertiary/aromatic N) is 3. The van der Waals surface area contributed by atoms with E-state index in [-0.39, 0.29) is 12.2 Å². The minimum absolute atomic E-state index is 0.111. The lowest BCUT2D eigenvalue weighted by Gasteiger charge is -2.41. The zero-order valence-electron chi connectivity index (χ0n) is 17.4. The number of halogens is 4. The lowest BCUT2D eigenvalue weighted by molar-refractivity contribution is -0.138. The van der Waals surface area contributed by atoms with Gasteiger partial charge in [-0.05, 0) is 30.5 Å². The summed E-state index contributed by atoms with van der Waals surface area (Å²) >= 11 is 0. The van der Waals surface area contributed by atoms with Crippen LogP contribution in [0.2, 0.25) is 0 Å². The maximum Gasteiger partial charge on any atom is 0.389 e. The molecule has 0 spiro atoms. The highest BCUT2D eigenvalue weighted by Crippen LogP contribution is 2.39. The van der Waals surface area contributed by atoms with Gasteiger partial charge in [0, 0.05) is 26.6 Å². The molecule has 1 atom stereocenters. The van der Waals surface area contributed by atoms with Crippen LogP contribution < -0.4 is 5.32 Å². The van der Waals surface area contributed by atoms with Gasteiger partial charge in [0.05, 0.1) is 5.70 Å². The van der Waals surface area contributed by atoms with Gasteiger partial charge in [-0.2, -0.15) is 13.2 Å². The maximum atomic E-state index is 13.3. The van der Waals surface area contributed by atoms with E-state index in [1.165, 1.54) is 12.1 Å². The molecule has 1 unspecified atom stereocenters. The third-order valence-electron chi connectivity index (χ3n) is 5.53. The van der Waals surface area contributed by atoms with E-state index in [9.17, 15) is 17.6 Å². The van der Waals surface area contributed by atoms with Gasteiger partial charge in [0.1, 0.15) is 29.3 Å².